The first kappa shape index (κ1) is 10.8. The van der Waals surface area contributed by atoms with Crippen molar-refractivity contribution in [2.24, 2.45) is 7.05 Å². The lowest BCUT2D eigenvalue weighted by atomic mass is 10.3. The minimum Gasteiger partial charge on any atom is -0.464 e. The summed E-state index contributed by atoms with van der Waals surface area (Å²) in [5.74, 6) is -0.630. The number of nitrogens with zero attached hydrogens (tertiary/aromatic N) is 1. The number of halogens is 1. The maximum absolute atomic E-state index is 11.4. The molecule has 0 saturated heterocycles. The number of hydrogen-bond acceptors (Lipinski definition) is 4. The fraction of sp³-hybridized carbons (Fsp3) is 0.250. The fourth-order valence-corrected chi connectivity index (χ4v) is 1.59. The standard InChI is InChI=1S/C8H9BrN2O3/c1-11-6(8(13)14-2)5(10)3-4(9)7(11)12/h3H,10H2,1-2H3. The van der Waals surface area contributed by atoms with Crippen LogP contribution in [0, 0.1) is 0 Å². The van der Waals surface area contributed by atoms with Crippen molar-refractivity contribution in [3.8, 4) is 0 Å². The van der Waals surface area contributed by atoms with E-state index in [4.69, 9.17) is 5.73 Å². The molecule has 0 fully saturated rings. The quantitative estimate of drug-likeness (QED) is 0.748. The van der Waals surface area contributed by atoms with Crippen LogP contribution in [0.1, 0.15) is 10.5 Å². The SMILES string of the molecule is COC(=O)c1c(N)cc(Br)c(=O)n1C. The van der Waals surface area contributed by atoms with Gasteiger partial charge in [0.1, 0.15) is 0 Å². The van der Waals surface area contributed by atoms with Crippen LogP contribution in [-0.2, 0) is 11.8 Å². The molecule has 5 nitrogen and oxygen atoms in total. The van der Waals surface area contributed by atoms with Crippen LogP contribution in [0.5, 0.6) is 0 Å². The predicted octanol–water partition coefficient (Wildman–Crippen LogP) is 0.517. The van der Waals surface area contributed by atoms with Crippen LogP contribution in [0.15, 0.2) is 15.3 Å². The van der Waals surface area contributed by atoms with E-state index < -0.39 is 5.97 Å². The lowest BCUT2D eigenvalue weighted by Gasteiger charge is -2.09. The van der Waals surface area contributed by atoms with E-state index in [0.717, 1.165) is 4.57 Å². The molecule has 14 heavy (non-hydrogen) atoms. The summed E-state index contributed by atoms with van der Waals surface area (Å²) in [6.07, 6.45) is 0. The number of aromatic nitrogens is 1. The van der Waals surface area contributed by atoms with Gasteiger partial charge in [0.2, 0.25) is 0 Å². The third-order valence-corrected chi connectivity index (χ3v) is 2.35. The molecule has 0 aliphatic rings. The number of esters is 1. The third kappa shape index (κ3) is 1.65. The van der Waals surface area contributed by atoms with Crippen molar-refractivity contribution in [1.82, 2.24) is 4.57 Å². The molecule has 0 aliphatic carbocycles. The molecule has 0 atom stereocenters. The second-order valence-electron chi connectivity index (χ2n) is 2.65. The van der Waals surface area contributed by atoms with Crippen molar-refractivity contribution in [3.05, 3.63) is 26.6 Å². The van der Waals surface area contributed by atoms with E-state index in [1.807, 2.05) is 0 Å². The van der Waals surface area contributed by atoms with Crippen LogP contribution in [0.4, 0.5) is 5.69 Å². The number of methoxy groups -OCH3 is 1. The third-order valence-electron chi connectivity index (χ3n) is 1.78. The molecule has 1 aromatic heterocycles. The van der Waals surface area contributed by atoms with E-state index >= 15 is 0 Å². The molecule has 1 heterocycles. The zero-order valence-corrected chi connectivity index (χ0v) is 9.29. The molecular weight excluding hydrogens is 252 g/mol. The molecule has 0 aromatic carbocycles. The predicted molar refractivity (Wildman–Crippen MR) is 55.1 cm³/mol. The highest BCUT2D eigenvalue weighted by Crippen LogP contribution is 2.14. The number of rotatable bonds is 1. The Kier molecular flexibility index (Phi) is 2.95. The molecule has 0 amide bonds. The summed E-state index contributed by atoms with van der Waals surface area (Å²) in [6.45, 7) is 0. The maximum Gasteiger partial charge on any atom is 0.356 e. The monoisotopic (exact) mass is 260 g/mol. The van der Waals surface area contributed by atoms with E-state index in [-0.39, 0.29) is 16.9 Å². The van der Waals surface area contributed by atoms with Crippen molar-refractivity contribution in [1.29, 1.82) is 0 Å². The van der Waals surface area contributed by atoms with E-state index in [9.17, 15) is 9.59 Å². The highest BCUT2D eigenvalue weighted by molar-refractivity contribution is 9.10. The number of ether oxygens (including phenoxy) is 1. The molecule has 6 heteroatoms. The van der Waals surface area contributed by atoms with Crippen molar-refractivity contribution in [2.45, 2.75) is 0 Å². The van der Waals surface area contributed by atoms with Gasteiger partial charge in [-0.3, -0.25) is 4.79 Å². The molecule has 2 N–H and O–H groups in total. The van der Waals surface area contributed by atoms with Crippen molar-refractivity contribution in [2.75, 3.05) is 12.8 Å². The van der Waals surface area contributed by atoms with Gasteiger partial charge in [0, 0.05) is 7.05 Å². The molecule has 0 unspecified atom stereocenters. The van der Waals surface area contributed by atoms with Crippen LogP contribution < -0.4 is 11.3 Å². The van der Waals surface area contributed by atoms with Gasteiger partial charge >= 0.3 is 5.97 Å². The second kappa shape index (κ2) is 3.83. The number of nitrogens with two attached hydrogens (primary N) is 1. The Labute approximate surface area is 88.6 Å². The Hall–Kier alpha value is -1.30. The molecule has 76 valence electrons. The van der Waals surface area contributed by atoms with Gasteiger partial charge < -0.3 is 15.0 Å². The van der Waals surface area contributed by atoms with Crippen LogP contribution in [0.3, 0.4) is 0 Å². The first-order valence-electron chi connectivity index (χ1n) is 3.72. The molecule has 0 spiro atoms. The summed E-state index contributed by atoms with van der Waals surface area (Å²) < 4.78 is 5.95. The fourth-order valence-electron chi connectivity index (χ4n) is 1.07. The molecule has 0 bridgehead atoms. The molecule has 0 aliphatic heterocycles. The molecule has 0 saturated carbocycles. The summed E-state index contributed by atoms with van der Waals surface area (Å²) in [4.78, 5) is 22.7. The highest BCUT2D eigenvalue weighted by Gasteiger charge is 2.16. The van der Waals surface area contributed by atoms with Crippen LogP contribution in [0.2, 0.25) is 0 Å². The van der Waals surface area contributed by atoms with Crippen LogP contribution in [-0.4, -0.2) is 17.6 Å². The summed E-state index contributed by atoms with van der Waals surface area (Å²) in [5.41, 5.74) is 5.50. The topological polar surface area (TPSA) is 74.3 Å². The van der Waals surface area contributed by atoms with Gasteiger partial charge in [-0.05, 0) is 22.0 Å². The minimum absolute atomic E-state index is 0.0562. The number of pyridine rings is 1. The smallest absolute Gasteiger partial charge is 0.356 e. The number of anilines is 1. The number of nitrogen functional groups attached to an aromatic ring is 1. The number of carbonyl (C=O) groups is 1. The first-order valence-corrected chi connectivity index (χ1v) is 4.51. The summed E-state index contributed by atoms with van der Waals surface area (Å²) in [6, 6.07) is 1.38. The Morgan fingerprint density at radius 3 is 2.71 bits per heavy atom. The van der Waals surface area contributed by atoms with E-state index in [1.165, 1.54) is 20.2 Å². The normalized spacial score (nSPS) is 9.93. The average Bonchev–Trinajstić information content (AvgIpc) is 2.14. The highest BCUT2D eigenvalue weighted by atomic mass is 79.9. The van der Waals surface area contributed by atoms with E-state index in [2.05, 4.69) is 20.7 Å². The van der Waals surface area contributed by atoms with Gasteiger partial charge in [-0.1, -0.05) is 0 Å². The van der Waals surface area contributed by atoms with Gasteiger partial charge in [0.05, 0.1) is 17.3 Å². The van der Waals surface area contributed by atoms with Gasteiger partial charge in [0.15, 0.2) is 5.69 Å². The van der Waals surface area contributed by atoms with Gasteiger partial charge in [-0.2, -0.15) is 0 Å². The first-order chi connectivity index (χ1) is 6.49. The summed E-state index contributed by atoms with van der Waals surface area (Å²) >= 11 is 3.04. The zero-order valence-electron chi connectivity index (χ0n) is 7.70. The van der Waals surface area contributed by atoms with Crippen molar-refractivity contribution < 1.29 is 9.53 Å². The molecule has 1 rings (SSSR count). The van der Waals surface area contributed by atoms with Crippen LogP contribution >= 0.6 is 15.9 Å². The minimum atomic E-state index is -0.630. The Balaban J connectivity index is 3.52. The second-order valence-corrected chi connectivity index (χ2v) is 3.51. The number of carbonyl (C=O) groups excluding carboxylic acids is 1. The lowest BCUT2D eigenvalue weighted by Crippen LogP contribution is -2.25. The van der Waals surface area contributed by atoms with Gasteiger partial charge in [-0.25, -0.2) is 4.79 Å². The molecule has 1 aromatic rings. The molecule has 0 radical (unpaired) electrons. The van der Waals surface area contributed by atoms with Gasteiger partial charge in [-0.15, -0.1) is 0 Å². The Morgan fingerprint density at radius 2 is 2.21 bits per heavy atom. The maximum atomic E-state index is 11.4. The summed E-state index contributed by atoms with van der Waals surface area (Å²) in [5, 5.41) is 0. The van der Waals surface area contributed by atoms with E-state index in [0.29, 0.717) is 4.47 Å². The van der Waals surface area contributed by atoms with Gasteiger partial charge in [0.25, 0.3) is 5.56 Å². The van der Waals surface area contributed by atoms with Crippen molar-refractivity contribution >= 4 is 27.6 Å². The lowest BCUT2D eigenvalue weighted by molar-refractivity contribution is 0.0589. The average molecular weight is 261 g/mol. The molecular formula is C8H9BrN2O3. The number of hydrogen-bond donors (Lipinski definition) is 1. The van der Waals surface area contributed by atoms with Crippen LogP contribution in [0.25, 0.3) is 0 Å². The zero-order chi connectivity index (χ0) is 10.9. The Bertz CT molecular complexity index is 439. The van der Waals surface area contributed by atoms with Crippen molar-refractivity contribution in [3.63, 3.8) is 0 Å². The van der Waals surface area contributed by atoms with E-state index in [1.54, 1.807) is 0 Å². The largest absolute Gasteiger partial charge is 0.464 e. The summed E-state index contributed by atoms with van der Waals surface area (Å²) in [7, 11) is 2.68. The Morgan fingerprint density at radius 1 is 1.64 bits per heavy atom.